The van der Waals surface area contributed by atoms with Crippen molar-refractivity contribution in [3.63, 3.8) is 0 Å². The van der Waals surface area contributed by atoms with Gasteiger partial charge in [0, 0.05) is 19.0 Å². The van der Waals surface area contributed by atoms with Crippen molar-refractivity contribution in [2.24, 2.45) is 0 Å². The number of sulfonamides is 1. The van der Waals surface area contributed by atoms with Crippen LogP contribution in [-0.2, 0) is 19.9 Å². The second-order valence-corrected chi connectivity index (χ2v) is 12.8. The molecule has 0 saturated carbocycles. The van der Waals surface area contributed by atoms with Crippen molar-refractivity contribution in [3.05, 3.63) is 41.5 Å². The first kappa shape index (κ1) is 21.6. The number of oxazole rings is 1. The highest BCUT2D eigenvalue weighted by Gasteiger charge is 2.37. The SMILES string of the molecule is Cc1nn(C2CCS(=O)(=O)C2)c(C)c1S(=O)(=O)N1CCC(c2nc3ccccc3o2)CC1. The monoisotopic (exact) mass is 478 g/mol. The normalized spacial score (nSPS) is 22.6. The molecule has 2 aliphatic heterocycles. The molecular weight excluding hydrogens is 452 g/mol. The molecule has 0 aliphatic carbocycles. The Kier molecular flexibility index (Phi) is 5.18. The van der Waals surface area contributed by atoms with Crippen LogP contribution in [0.5, 0.6) is 0 Å². The maximum absolute atomic E-state index is 13.5. The molecule has 2 aliphatic rings. The van der Waals surface area contributed by atoms with E-state index in [9.17, 15) is 16.8 Å². The molecular formula is C21H26N4O5S2. The molecule has 2 aromatic heterocycles. The fraction of sp³-hybridized carbons (Fsp3) is 0.524. The lowest BCUT2D eigenvalue weighted by atomic mass is 9.98. The standard InChI is InChI=1S/C21H26N4O5S2/c1-14-20(15(2)25(23-14)17-9-12-31(26,27)13-17)32(28,29)24-10-7-16(8-11-24)21-22-18-5-3-4-6-19(18)30-21/h3-6,16-17H,7-13H2,1-2H3. The number of nitrogens with zero attached hydrogens (tertiary/aromatic N) is 4. The van der Waals surface area contributed by atoms with Gasteiger partial charge in [0.15, 0.2) is 21.3 Å². The van der Waals surface area contributed by atoms with Crippen LogP contribution in [0.25, 0.3) is 11.1 Å². The lowest BCUT2D eigenvalue weighted by Gasteiger charge is -2.29. The number of hydrogen-bond donors (Lipinski definition) is 0. The van der Waals surface area contributed by atoms with E-state index < -0.39 is 19.9 Å². The first-order chi connectivity index (χ1) is 15.2. The van der Waals surface area contributed by atoms with Crippen LogP contribution in [-0.4, -0.2) is 60.5 Å². The van der Waals surface area contributed by atoms with E-state index >= 15 is 0 Å². The van der Waals surface area contributed by atoms with Crippen LogP contribution in [0.1, 0.15) is 48.5 Å². The number of sulfone groups is 1. The van der Waals surface area contributed by atoms with E-state index in [4.69, 9.17) is 4.42 Å². The Bertz CT molecular complexity index is 1350. The third-order valence-electron chi connectivity index (χ3n) is 6.52. The molecule has 1 unspecified atom stereocenters. The topological polar surface area (TPSA) is 115 Å². The zero-order chi connectivity index (χ0) is 22.7. The Morgan fingerprint density at radius 1 is 1.09 bits per heavy atom. The Hall–Kier alpha value is -2.24. The summed E-state index contributed by atoms with van der Waals surface area (Å²) in [6.07, 6.45) is 1.71. The number of hydrogen-bond acceptors (Lipinski definition) is 7. The van der Waals surface area contributed by atoms with E-state index in [0.29, 0.717) is 49.6 Å². The number of rotatable bonds is 4. The van der Waals surface area contributed by atoms with Crippen molar-refractivity contribution in [1.29, 1.82) is 0 Å². The first-order valence-electron chi connectivity index (χ1n) is 10.8. The Labute approximate surface area is 187 Å². The van der Waals surface area contributed by atoms with Crippen LogP contribution >= 0.6 is 0 Å². The van der Waals surface area contributed by atoms with Crippen molar-refractivity contribution in [2.45, 2.75) is 50.0 Å². The molecule has 0 radical (unpaired) electrons. The molecule has 1 atom stereocenters. The second kappa shape index (κ2) is 7.67. The van der Waals surface area contributed by atoms with Gasteiger partial charge in [-0.1, -0.05) is 12.1 Å². The largest absolute Gasteiger partial charge is 0.440 e. The summed E-state index contributed by atoms with van der Waals surface area (Å²) >= 11 is 0. The maximum Gasteiger partial charge on any atom is 0.246 e. The number of fused-ring (bicyclic) bond motifs is 1. The molecule has 0 spiro atoms. The first-order valence-corrected chi connectivity index (χ1v) is 14.0. The minimum atomic E-state index is -3.74. The van der Waals surface area contributed by atoms with Crippen molar-refractivity contribution in [2.75, 3.05) is 24.6 Å². The maximum atomic E-state index is 13.5. The van der Waals surface area contributed by atoms with Gasteiger partial charge in [-0.3, -0.25) is 4.68 Å². The Morgan fingerprint density at radius 3 is 2.47 bits per heavy atom. The summed E-state index contributed by atoms with van der Waals surface area (Å²) in [6, 6.07) is 7.28. The lowest BCUT2D eigenvalue weighted by molar-refractivity contribution is 0.293. The molecule has 4 heterocycles. The zero-order valence-electron chi connectivity index (χ0n) is 18.1. The third kappa shape index (κ3) is 3.65. The molecule has 3 aromatic rings. The average molecular weight is 479 g/mol. The lowest BCUT2D eigenvalue weighted by Crippen LogP contribution is -2.38. The van der Waals surface area contributed by atoms with E-state index in [-0.39, 0.29) is 28.4 Å². The van der Waals surface area contributed by atoms with Crippen LogP contribution in [0, 0.1) is 13.8 Å². The number of para-hydroxylation sites is 2. The highest BCUT2D eigenvalue weighted by atomic mass is 32.2. The molecule has 1 aromatic carbocycles. The van der Waals surface area contributed by atoms with Gasteiger partial charge in [0.2, 0.25) is 10.0 Å². The van der Waals surface area contributed by atoms with Gasteiger partial charge >= 0.3 is 0 Å². The Balaban J connectivity index is 1.35. The zero-order valence-corrected chi connectivity index (χ0v) is 19.7. The number of piperidine rings is 1. The molecule has 0 amide bonds. The molecule has 0 N–H and O–H groups in total. The number of aromatic nitrogens is 3. The van der Waals surface area contributed by atoms with Gasteiger partial charge in [-0.25, -0.2) is 21.8 Å². The summed E-state index contributed by atoms with van der Waals surface area (Å²) in [6.45, 7) is 4.12. The van der Waals surface area contributed by atoms with Gasteiger partial charge in [-0.05, 0) is 45.2 Å². The van der Waals surface area contributed by atoms with Gasteiger partial charge in [0.25, 0.3) is 0 Å². The van der Waals surface area contributed by atoms with Crippen molar-refractivity contribution < 1.29 is 21.3 Å². The number of aryl methyl sites for hydroxylation is 1. The fourth-order valence-corrected chi connectivity index (χ4v) is 8.40. The summed E-state index contributed by atoms with van der Waals surface area (Å²) in [4.78, 5) is 4.77. The van der Waals surface area contributed by atoms with Crippen LogP contribution in [0.4, 0.5) is 0 Å². The predicted molar refractivity (Wildman–Crippen MR) is 119 cm³/mol. The van der Waals surface area contributed by atoms with E-state index in [1.54, 1.807) is 18.5 Å². The summed E-state index contributed by atoms with van der Waals surface area (Å²) < 4.78 is 59.7. The minimum absolute atomic E-state index is 0.00431. The highest BCUT2D eigenvalue weighted by molar-refractivity contribution is 7.91. The minimum Gasteiger partial charge on any atom is -0.440 e. The molecule has 32 heavy (non-hydrogen) atoms. The molecule has 5 rings (SSSR count). The Morgan fingerprint density at radius 2 is 1.81 bits per heavy atom. The summed E-state index contributed by atoms with van der Waals surface area (Å²) in [5.74, 6) is 0.847. The smallest absolute Gasteiger partial charge is 0.246 e. The summed E-state index contributed by atoms with van der Waals surface area (Å²) in [5, 5.41) is 4.43. The van der Waals surface area contributed by atoms with Gasteiger partial charge in [0.05, 0.1) is 28.9 Å². The quantitative estimate of drug-likeness (QED) is 0.566. The van der Waals surface area contributed by atoms with Crippen LogP contribution in [0.2, 0.25) is 0 Å². The van der Waals surface area contributed by atoms with Crippen molar-refractivity contribution in [1.82, 2.24) is 19.1 Å². The van der Waals surface area contributed by atoms with Crippen molar-refractivity contribution in [3.8, 4) is 0 Å². The summed E-state index contributed by atoms with van der Waals surface area (Å²) in [7, 11) is -6.84. The molecule has 2 saturated heterocycles. The molecule has 9 nitrogen and oxygen atoms in total. The van der Waals surface area contributed by atoms with Gasteiger partial charge in [-0.2, -0.15) is 9.40 Å². The van der Waals surface area contributed by atoms with Crippen LogP contribution in [0.3, 0.4) is 0 Å². The molecule has 0 bridgehead atoms. The van der Waals surface area contributed by atoms with E-state index in [1.807, 2.05) is 24.3 Å². The summed E-state index contributed by atoms with van der Waals surface area (Å²) in [5.41, 5.74) is 2.47. The molecule has 2 fully saturated rings. The second-order valence-electron chi connectivity index (χ2n) is 8.70. The third-order valence-corrected chi connectivity index (χ3v) is 10.4. The van der Waals surface area contributed by atoms with E-state index in [2.05, 4.69) is 10.1 Å². The molecule has 172 valence electrons. The van der Waals surface area contributed by atoms with E-state index in [1.165, 1.54) is 4.31 Å². The van der Waals surface area contributed by atoms with Gasteiger partial charge in [0.1, 0.15) is 10.4 Å². The average Bonchev–Trinajstić information content (AvgIpc) is 3.42. The predicted octanol–water partition coefficient (Wildman–Crippen LogP) is 2.57. The highest BCUT2D eigenvalue weighted by Crippen LogP contribution is 2.34. The van der Waals surface area contributed by atoms with E-state index in [0.717, 1.165) is 11.1 Å². The number of benzene rings is 1. The van der Waals surface area contributed by atoms with Gasteiger partial charge in [-0.15, -0.1) is 0 Å². The van der Waals surface area contributed by atoms with Crippen LogP contribution < -0.4 is 0 Å². The van der Waals surface area contributed by atoms with Crippen molar-refractivity contribution >= 4 is 31.0 Å². The van der Waals surface area contributed by atoms with Gasteiger partial charge < -0.3 is 4.42 Å². The molecule has 11 heteroatoms. The fourth-order valence-electron chi connectivity index (χ4n) is 4.88. The van der Waals surface area contributed by atoms with Crippen LogP contribution in [0.15, 0.2) is 33.6 Å².